The van der Waals surface area contributed by atoms with E-state index < -0.39 is 15.9 Å². The second-order valence-electron chi connectivity index (χ2n) is 6.12. The summed E-state index contributed by atoms with van der Waals surface area (Å²) in [5.41, 5.74) is 0.846. The van der Waals surface area contributed by atoms with Gasteiger partial charge in [-0.15, -0.1) is 0 Å². The topological polar surface area (TPSA) is 84.9 Å². The van der Waals surface area contributed by atoms with Crippen LogP contribution in [-0.2, 0) is 14.8 Å². The molecule has 1 aliphatic rings. The first kappa shape index (κ1) is 20.1. The third-order valence-electron chi connectivity index (χ3n) is 4.18. The fourth-order valence-electron chi connectivity index (χ4n) is 2.73. The summed E-state index contributed by atoms with van der Waals surface area (Å²) in [6, 6.07) is 12.9. The molecule has 148 valence electrons. The van der Waals surface area contributed by atoms with Crippen molar-refractivity contribution in [1.82, 2.24) is 4.31 Å². The van der Waals surface area contributed by atoms with Crippen molar-refractivity contribution in [3.05, 3.63) is 66.7 Å². The first-order valence-electron chi connectivity index (χ1n) is 8.84. The van der Waals surface area contributed by atoms with E-state index in [1.54, 1.807) is 42.5 Å². The third-order valence-corrected chi connectivity index (χ3v) is 6.08. The number of ether oxygens (including phenoxy) is 2. The van der Waals surface area contributed by atoms with E-state index in [1.807, 2.05) is 0 Å². The molecule has 0 bridgehead atoms. The predicted octanol–water partition coefficient (Wildman–Crippen LogP) is 2.52. The molecular formula is C20H22N2O5S. The van der Waals surface area contributed by atoms with Gasteiger partial charge in [-0.1, -0.05) is 18.7 Å². The molecule has 28 heavy (non-hydrogen) atoms. The highest BCUT2D eigenvalue weighted by molar-refractivity contribution is 7.89. The van der Waals surface area contributed by atoms with Gasteiger partial charge in [0.2, 0.25) is 10.0 Å². The van der Waals surface area contributed by atoms with Crippen molar-refractivity contribution in [2.45, 2.75) is 4.90 Å². The second-order valence-corrected chi connectivity index (χ2v) is 8.06. The summed E-state index contributed by atoms with van der Waals surface area (Å²) in [7, 11) is -3.66. The van der Waals surface area contributed by atoms with Crippen LogP contribution in [0.5, 0.6) is 5.75 Å². The Morgan fingerprint density at radius 3 is 2.57 bits per heavy atom. The van der Waals surface area contributed by atoms with Gasteiger partial charge in [0.1, 0.15) is 12.4 Å². The number of anilines is 1. The molecule has 2 aromatic rings. The minimum Gasteiger partial charge on any atom is -0.490 e. The SMILES string of the molecule is C=CCOc1ccc(NC(=O)c2cccc(S(=O)(=O)N3CCOCC3)c2)cc1. The quantitative estimate of drug-likeness (QED) is 0.720. The van der Waals surface area contributed by atoms with Crippen molar-refractivity contribution in [3.63, 3.8) is 0 Å². The van der Waals surface area contributed by atoms with Crippen LogP contribution < -0.4 is 10.1 Å². The van der Waals surface area contributed by atoms with Crippen molar-refractivity contribution < 1.29 is 22.7 Å². The van der Waals surface area contributed by atoms with Crippen LogP contribution in [0.15, 0.2) is 66.1 Å². The van der Waals surface area contributed by atoms with E-state index in [-0.39, 0.29) is 10.5 Å². The van der Waals surface area contributed by atoms with E-state index in [1.165, 1.54) is 16.4 Å². The maximum atomic E-state index is 12.8. The molecule has 0 saturated carbocycles. The van der Waals surface area contributed by atoms with Crippen molar-refractivity contribution in [3.8, 4) is 5.75 Å². The summed E-state index contributed by atoms with van der Waals surface area (Å²) >= 11 is 0. The monoisotopic (exact) mass is 402 g/mol. The minimum absolute atomic E-state index is 0.0928. The van der Waals surface area contributed by atoms with Gasteiger partial charge in [0, 0.05) is 24.3 Å². The van der Waals surface area contributed by atoms with E-state index in [0.717, 1.165) is 0 Å². The van der Waals surface area contributed by atoms with Gasteiger partial charge in [0.25, 0.3) is 5.91 Å². The zero-order chi connectivity index (χ0) is 20.0. The maximum absolute atomic E-state index is 12.8. The molecule has 0 radical (unpaired) electrons. The number of benzene rings is 2. The summed E-state index contributed by atoms with van der Waals surface area (Å²) in [4.78, 5) is 12.6. The minimum atomic E-state index is -3.66. The lowest BCUT2D eigenvalue weighted by molar-refractivity contribution is 0.0730. The Morgan fingerprint density at radius 1 is 1.18 bits per heavy atom. The molecule has 1 aliphatic heterocycles. The average Bonchev–Trinajstić information content (AvgIpc) is 2.74. The van der Waals surface area contributed by atoms with Crippen LogP contribution in [0.25, 0.3) is 0 Å². The summed E-state index contributed by atoms with van der Waals surface area (Å²) in [6.45, 7) is 5.33. The lowest BCUT2D eigenvalue weighted by Crippen LogP contribution is -2.40. The Kier molecular flexibility index (Phi) is 6.45. The van der Waals surface area contributed by atoms with Crippen LogP contribution >= 0.6 is 0 Å². The third kappa shape index (κ3) is 4.78. The summed E-state index contributed by atoms with van der Waals surface area (Å²) in [6.07, 6.45) is 1.65. The van der Waals surface area contributed by atoms with Gasteiger partial charge in [0.05, 0.1) is 18.1 Å². The van der Waals surface area contributed by atoms with E-state index in [2.05, 4.69) is 11.9 Å². The van der Waals surface area contributed by atoms with Gasteiger partial charge in [-0.25, -0.2) is 8.42 Å². The van der Waals surface area contributed by atoms with Crippen LogP contribution in [0, 0.1) is 0 Å². The number of rotatable bonds is 7. The fraction of sp³-hybridized carbons (Fsp3) is 0.250. The van der Waals surface area contributed by atoms with Gasteiger partial charge in [0.15, 0.2) is 0 Å². The number of carbonyl (C=O) groups excluding carboxylic acids is 1. The van der Waals surface area contributed by atoms with Crippen molar-refractivity contribution in [1.29, 1.82) is 0 Å². The Morgan fingerprint density at radius 2 is 1.89 bits per heavy atom. The van der Waals surface area contributed by atoms with Crippen LogP contribution in [0.2, 0.25) is 0 Å². The van der Waals surface area contributed by atoms with Gasteiger partial charge >= 0.3 is 0 Å². The van der Waals surface area contributed by atoms with Gasteiger partial charge in [-0.2, -0.15) is 4.31 Å². The molecule has 7 nitrogen and oxygen atoms in total. The Bertz CT molecular complexity index is 935. The molecule has 3 rings (SSSR count). The number of carbonyl (C=O) groups is 1. The van der Waals surface area contributed by atoms with Gasteiger partial charge < -0.3 is 14.8 Å². The molecule has 1 N–H and O–H groups in total. The van der Waals surface area contributed by atoms with Gasteiger partial charge in [-0.3, -0.25) is 4.79 Å². The van der Waals surface area contributed by atoms with Gasteiger partial charge in [-0.05, 0) is 42.5 Å². The second kappa shape index (κ2) is 9.01. The van der Waals surface area contributed by atoms with Crippen LogP contribution in [0.4, 0.5) is 5.69 Å². The first-order chi connectivity index (χ1) is 13.5. The normalized spacial score (nSPS) is 15.0. The zero-order valence-electron chi connectivity index (χ0n) is 15.3. The van der Waals surface area contributed by atoms with Crippen molar-refractivity contribution >= 4 is 21.6 Å². The highest BCUT2D eigenvalue weighted by atomic mass is 32.2. The lowest BCUT2D eigenvalue weighted by atomic mass is 10.2. The Balaban J connectivity index is 1.72. The molecule has 1 saturated heterocycles. The molecule has 1 fully saturated rings. The van der Waals surface area contributed by atoms with Crippen LogP contribution in [0.3, 0.4) is 0 Å². The highest BCUT2D eigenvalue weighted by Crippen LogP contribution is 2.20. The number of morpholine rings is 1. The Labute approximate surface area is 164 Å². The fourth-order valence-corrected chi connectivity index (χ4v) is 4.18. The molecule has 0 aliphatic carbocycles. The number of nitrogens with one attached hydrogen (secondary N) is 1. The van der Waals surface area contributed by atoms with E-state index in [9.17, 15) is 13.2 Å². The van der Waals surface area contributed by atoms with Crippen molar-refractivity contribution in [2.24, 2.45) is 0 Å². The number of nitrogens with zero attached hydrogens (tertiary/aromatic N) is 1. The van der Waals surface area contributed by atoms with Crippen LogP contribution in [-0.4, -0.2) is 51.5 Å². The molecule has 0 unspecified atom stereocenters. The summed E-state index contributed by atoms with van der Waals surface area (Å²) in [5.74, 6) is 0.273. The molecule has 0 spiro atoms. The number of amides is 1. The molecule has 1 amide bonds. The Hall–Kier alpha value is -2.68. The average molecular weight is 402 g/mol. The van der Waals surface area contributed by atoms with Crippen LogP contribution in [0.1, 0.15) is 10.4 Å². The van der Waals surface area contributed by atoms with Crippen molar-refractivity contribution in [2.75, 3.05) is 38.2 Å². The zero-order valence-corrected chi connectivity index (χ0v) is 16.2. The van der Waals surface area contributed by atoms with E-state index in [0.29, 0.717) is 44.3 Å². The highest BCUT2D eigenvalue weighted by Gasteiger charge is 2.26. The lowest BCUT2D eigenvalue weighted by Gasteiger charge is -2.26. The molecular weight excluding hydrogens is 380 g/mol. The molecule has 1 heterocycles. The number of hydrogen-bond donors (Lipinski definition) is 1. The van der Waals surface area contributed by atoms with E-state index >= 15 is 0 Å². The largest absolute Gasteiger partial charge is 0.490 e. The maximum Gasteiger partial charge on any atom is 0.255 e. The standard InChI is InChI=1S/C20H22N2O5S/c1-2-12-27-18-8-6-17(7-9-18)21-20(23)16-4-3-5-19(15-16)28(24,25)22-10-13-26-14-11-22/h2-9,15H,1,10-14H2,(H,21,23). The molecule has 2 aromatic carbocycles. The predicted molar refractivity (Wildman–Crippen MR) is 106 cm³/mol. The summed E-state index contributed by atoms with van der Waals surface area (Å²) in [5, 5.41) is 2.76. The first-order valence-corrected chi connectivity index (χ1v) is 10.3. The number of sulfonamides is 1. The number of hydrogen-bond acceptors (Lipinski definition) is 5. The van der Waals surface area contributed by atoms with E-state index in [4.69, 9.17) is 9.47 Å². The summed E-state index contributed by atoms with van der Waals surface area (Å²) < 4.78 is 37.5. The molecule has 8 heteroatoms. The molecule has 0 aromatic heterocycles. The smallest absolute Gasteiger partial charge is 0.255 e. The molecule has 0 atom stereocenters.